The molecule has 6 heterocycles. The van der Waals surface area contributed by atoms with Crippen molar-refractivity contribution in [2.24, 2.45) is 0 Å². The van der Waals surface area contributed by atoms with Gasteiger partial charge in [-0.15, -0.1) is 0 Å². The summed E-state index contributed by atoms with van der Waals surface area (Å²) >= 11 is 0. The number of nitrogens with zero attached hydrogens (tertiary/aromatic N) is 5. The number of hydrogen-bond acceptors (Lipinski definition) is 8. The van der Waals surface area contributed by atoms with Crippen LogP contribution < -0.4 is 20.3 Å². The fourth-order valence-electron chi connectivity index (χ4n) is 8.33. The van der Waals surface area contributed by atoms with E-state index in [1.807, 2.05) is 11.8 Å². The standard InChI is InChI=1S/C34H36F3N7O3/c1-2-22-25(36)6-5-19-11-21(45)12-23(26(19)22)28-27(37)29-24(14-38-28)30(43-9-3-7-33(17-43)16-39-31(46)42-33)41-32(40-29)47-18-34-8-4-10-44(34)15-20(35)13-34/h5-6,11-12,14,20,45H,2-4,7-10,13,15-18H2,1H3,(H2,39,42,46)/t20-,33-,34+/m1/s1. The normalized spacial score (nSPS) is 25.9. The number of carbonyl (C=O) groups is 1. The van der Waals surface area contributed by atoms with E-state index in [0.29, 0.717) is 66.6 Å². The lowest BCUT2D eigenvalue weighted by molar-refractivity contribution is 0.107. The number of rotatable bonds is 6. The number of hydrogen-bond donors (Lipinski definition) is 3. The number of aryl methyl sites for hydroxylation is 1. The molecule has 2 aromatic heterocycles. The van der Waals surface area contributed by atoms with Crippen LogP contribution in [0.5, 0.6) is 11.8 Å². The molecule has 0 aliphatic carbocycles. The number of aromatic hydroxyl groups is 1. The average Bonchev–Trinajstić information content (AvgIpc) is 3.71. The summed E-state index contributed by atoms with van der Waals surface area (Å²) in [4.78, 5) is 30.1. The van der Waals surface area contributed by atoms with Crippen LogP contribution in [0.1, 0.15) is 44.6 Å². The van der Waals surface area contributed by atoms with Gasteiger partial charge in [-0.3, -0.25) is 9.88 Å². The Morgan fingerprint density at radius 3 is 2.81 bits per heavy atom. The molecule has 246 valence electrons. The molecule has 3 atom stereocenters. The number of piperidine rings is 1. The van der Waals surface area contributed by atoms with Crippen LogP contribution in [-0.2, 0) is 6.42 Å². The van der Waals surface area contributed by atoms with Gasteiger partial charge in [-0.2, -0.15) is 9.97 Å². The second kappa shape index (κ2) is 11.1. The topological polar surface area (TPSA) is 116 Å². The summed E-state index contributed by atoms with van der Waals surface area (Å²) < 4.78 is 52.6. The van der Waals surface area contributed by atoms with Crippen LogP contribution in [0.15, 0.2) is 30.5 Å². The summed E-state index contributed by atoms with van der Waals surface area (Å²) in [5.41, 5.74) is -0.464. The first kappa shape index (κ1) is 30.0. The Morgan fingerprint density at radius 1 is 1.15 bits per heavy atom. The van der Waals surface area contributed by atoms with Crippen molar-refractivity contribution in [2.75, 3.05) is 44.2 Å². The van der Waals surface area contributed by atoms with Crippen molar-refractivity contribution in [3.05, 3.63) is 47.7 Å². The van der Waals surface area contributed by atoms with E-state index in [0.717, 1.165) is 32.2 Å². The van der Waals surface area contributed by atoms with Crippen molar-refractivity contribution in [1.82, 2.24) is 30.5 Å². The van der Waals surface area contributed by atoms with Crippen LogP contribution in [0.4, 0.5) is 23.8 Å². The lowest BCUT2D eigenvalue weighted by atomic mass is 9.90. The van der Waals surface area contributed by atoms with E-state index in [-0.39, 0.29) is 41.2 Å². The highest BCUT2D eigenvalue weighted by molar-refractivity contribution is 6.01. The summed E-state index contributed by atoms with van der Waals surface area (Å²) in [5, 5.41) is 17.9. The largest absolute Gasteiger partial charge is 0.508 e. The van der Waals surface area contributed by atoms with Gasteiger partial charge in [0.2, 0.25) is 0 Å². The Kier molecular flexibility index (Phi) is 7.08. The zero-order valence-corrected chi connectivity index (χ0v) is 26.1. The van der Waals surface area contributed by atoms with Gasteiger partial charge in [0.1, 0.15) is 41.4 Å². The van der Waals surface area contributed by atoms with Crippen LogP contribution in [0, 0.1) is 11.6 Å². The van der Waals surface area contributed by atoms with E-state index in [2.05, 4.69) is 25.5 Å². The molecule has 0 unspecified atom stereocenters. The van der Waals surface area contributed by atoms with Crippen molar-refractivity contribution in [1.29, 1.82) is 0 Å². The molecule has 4 saturated heterocycles. The minimum absolute atomic E-state index is 0.0373. The lowest BCUT2D eigenvalue weighted by Gasteiger charge is -2.40. The quantitative estimate of drug-likeness (QED) is 0.268. The number of nitrogens with one attached hydrogen (secondary N) is 2. The number of aromatic nitrogens is 3. The molecular weight excluding hydrogens is 611 g/mol. The second-order valence-corrected chi connectivity index (χ2v) is 13.5. The smallest absolute Gasteiger partial charge is 0.319 e. The zero-order chi connectivity index (χ0) is 32.5. The maximum atomic E-state index is 16.9. The predicted molar refractivity (Wildman–Crippen MR) is 170 cm³/mol. The highest BCUT2D eigenvalue weighted by Gasteiger charge is 2.49. The first-order valence-corrected chi connectivity index (χ1v) is 16.3. The Labute approximate surface area is 269 Å². The third-order valence-corrected chi connectivity index (χ3v) is 10.5. The number of anilines is 1. The number of benzene rings is 2. The maximum absolute atomic E-state index is 16.9. The van der Waals surface area contributed by atoms with Gasteiger partial charge in [0.15, 0.2) is 5.82 Å². The fourth-order valence-corrected chi connectivity index (χ4v) is 8.33. The number of halogens is 3. The molecule has 4 aromatic rings. The number of pyridine rings is 1. The van der Waals surface area contributed by atoms with Gasteiger partial charge in [-0.1, -0.05) is 13.0 Å². The number of urea groups is 1. The molecule has 0 bridgehead atoms. The number of carbonyl (C=O) groups excluding carboxylic acids is 1. The van der Waals surface area contributed by atoms with Crippen LogP contribution in [-0.4, -0.2) is 87.6 Å². The van der Waals surface area contributed by atoms with Gasteiger partial charge in [0.05, 0.1) is 16.5 Å². The maximum Gasteiger partial charge on any atom is 0.319 e. The first-order chi connectivity index (χ1) is 22.7. The molecule has 0 saturated carbocycles. The van der Waals surface area contributed by atoms with Crippen LogP contribution in [0.2, 0.25) is 0 Å². The molecule has 10 nitrogen and oxygen atoms in total. The van der Waals surface area contributed by atoms with Gasteiger partial charge < -0.3 is 25.4 Å². The van der Waals surface area contributed by atoms with Gasteiger partial charge in [-0.05, 0) is 73.2 Å². The Morgan fingerprint density at radius 2 is 2.00 bits per heavy atom. The lowest BCUT2D eigenvalue weighted by Crippen LogP contribution is -2.56. The Hall–Kier alpha value is -4.39. The number of phenols is 1. The summed E-state index contributed by atoms with van der Waals surface area (Å²) in [7, 11) is 0. The molecule has 13 heteroatoms. The monoisotopic (exact) mass is 647 g/mol. The molecule has 3 N–H and O–H groups in total. The van der Waals surface area contributed by atoms with Gasteiger partial charge >= 0.3 is 12.0 Å². The highest BCUT2D eigenvalue weighted by atomic mass is 19.1. The third kappa shape index (κ3) is 4.97. The minimum atomic E-state index is -0.937. The first-order valence-electron chi connectivity index (χ1n) is 16.3. The number of ether oxygens (including phenoxy) is 1. The van der Waals surface area contributed by atoms with E-state index in [9.17, 15) is 18.7 Å². The van der Waals surface area contributed by atoms with Gasteiger partial charge in [0.25, 0.3) is 0 Å². The van der Waals surface area contributed by atoms with Crippen LogP contribution in [0.25, 0.3) is 32.9 Å². The molecule has 4 aliphatic heterocycles. The molecular formula is C34H36F3N7O3. The summed E-state index contributed by atoms with van der Waals surface area (Å²) in [5.74, 6) is -0.880. The van der Waals surface area contributed by atoms with E-state index in [1.165, 1.54) is 24.4 Å². The van der Waals surface area contributed by atoms with Crippen molar-refractivity contribution < 1.29 is 27.8 Å². The Balaban J connectivity index is 1.27. The number of phenolic OH excluding ortho intramolecular Hbond substituents is 1. The van der Waals surface area contributed by atoms with Crippen molar-refractivity contribution >= 4 is 33.5 Å². The van der Waals surface area contributed by atoms with Gasteiger partial charge in [-0.25, -0.2) is 18.0 Å². The van der Waals surface area contributed by atoms with E-state index in [1.54, 1.807) is 6.07 Å². The fraction of sp³-hybridized carbons (Fsp3) is 0.471. The van der Waals surface area contributed by atoms with Crippen LogP contribution in [0.3, 0.4) is 0 Å². The average molecular weight is 648 g/mol. The highest BCUT2D eigenvalue weighted by Crippen LogP contribution is 2.42. The molecule has 47 heavy (non-hydrogen) atoms. The van der Waals surface area contributed by atoms with E-state index >= 15 is 4.39 Å². The molecule has 8 rings (SSSR count). The summed E-state index contributed by atoms with van der Waals surface area (Å²) in [6, 6.07) is 5.53. The molecule has 0 radical (unpaired) electrons. The van der Waals surface area contributed by atoms with Crippen molar-refractivity contribution in [3.63, 3.8) is 0 Å². The van der Waals surface area contributed by atoms with Crippen LogP contribution >= 0.6 is 0 Å². The van der Waals surface area contributed by atoms with E-state index < -0.39 is 28.9 Å². The number of fused-ring (bicyclic) bond motifs is 3. The SMILES string of the molecule is CCc1c(F)ccc2cc(O)cc(-c3ncc4c(N5CCC[C@@]6(CNC(=O)N6)C5)nc(OC[C@@]56CCCN5C[C@H](F)C6)nc4c3F)c12. The van der Waals surface area contributed by atoms with E-state index in [4.69, 9.17) is 9.72 Å². The molecule has 2 amide bonds. The minimum Gasteiger partial charge on any atom is -0.508 e. The summed E-state index contributed by atoms with van der Waals surface area (Å²) in [6.45, 7) is 4.63. The third-order valence-electron chi connectivity index (χ3n) is 10.5. The molecule has 2 aromatic carbocycles. The van der Waals surface area contributed by atoms with Gasteiger partial charge in [0, 0.05) is 44.4 Å². The molecule has 4 fully saturated rings. The predicted octanol–water partition coefficient (Wildman–Crippen LogP) is 5.00. The van der Waals surface area contributed by atoms with Crippen molar-refractivity contribution in [3.8, 4) is 23.0 Å². The second-order valence-electron chi connectivity index (χ2n) is 13.5. The summed E-state index contributed by atoms with van der Waals surface area (Å²) in [6.07, 6.45) is 4.54. The molecule has 4 aliphatic rings. The number of amides is 2. The molecule has 1 spiro atoms. The van der Waals surface area contributed by atoms with Crippen molar-refractivity contribution in [2.45, 2.75) is 62.7 Å². The Bertz CT molecular complexity index is 1930. The number of alkyl halides is 1. The zero-order valence-electron chi connectivity index (χ0n) is 26.1.